The molecule has 0 aliphatic heterocycles. The Morgan fingerprint density at radius 2 is 1.03 bits per heavy atom. The maximum atomic E-state index is 9.54. The van der Waals surface area contributed by atoms with Gasteiger partial charge < -0.3 is 24.4 Å². The quantitative estimate of drug-likeness (QED) is 0.137. The molecule has 5 nitrogen and oxygen atoms in total. The molecular formula is C28H50O5. The number of ether oxygens (including phenoxy) is 3. The van der Waals surface area contributed by atoms with Gasteiger partial charge in [0.15, 0.2) is 0 Å². The van der Waals surface area contributed by atoms with E-state index in [1.54, 1.807) is 0 Å². The number of aliphatic hydroxyl groups is 2. The van der Waals surface area contributed by atoms with Crippen molar-refractivity contribution in [2.45, 2.75) is 117 Å². The molecule has 0 aliphatic carbocycles. The first-order chi connectivity index (χ1) is 16.0. The van der Waals surface area contributed by atoms with Crippen molar-refractivity contribution in [3.8, 4) is 23.7 Å². The molecule has 0 aliphatic rings. The molecule has 0 aromatic carbocycles. The SMILES string of the molecule is CCCCC#CC(CCOCOCOCCC(C#CCCCC)CCC(C)O)CCC(C)O. The molecule has 0 bridgehead atoms. The number of aliphatic hydroxyl groups excluding tert-OH is 2. The van der Waals surface area contributed by atoms with Crippen LogP contribution in [-0.4, -0.2) is 49.2 Å². The van der Waals surface area contributed by atoms with Crippen LogP contribution in [0, 0.1) is 35.5 Å². The first-order valence-corrected chi connectivity index (χ1v) is 13.1. The van der Waals surface area contributed by atoms with Crippen LogP contribution in [0.1, 0.15) is 105 Å². The first kappa shape index (κ1) is 31.9. The van der Waals surface area contributed by atoms with Gasteiger partial charge in [-0.1, -0.05) is 38.5 Å². The second-order valence-corrected chi connectivity index (χ2v) is 8.93. The molecule has 0 heterocycles. The molecule has 0 aromatic heterocycles. The van der Waals surface area contributed by atoms with Gasteiger partial charge in [-0.25, -0.2) is 0 Å². The zero-order valence-corrected chi connectivity index (χ0v) is 21.7. The Labute approximate surface area is 204 Å². The van der Waals surface area contributed by atoms with E-state index < -0.39 is 0 Å². The maximum absolute atomic E-state index is 9.54. The fourth-order valence-electron chi connectivity index (χ4n) is 3.15. The zero-order valence-electron chi connectivity index (χ0n) is 21.7. The van der Waals surface area contributed by atoms with Gasteiger partial charge in [0.2, 0.25) is 0 Å². The average Bonchev–Trinajstić information content (AvgIpc) is 2.78. The summed E-state index contributed by atoms with van der Waals surface area (Å²) in [4.78, 5) is 0. The molecule has 0 saturated heterocycles. The summed E-state index contributed by atoms with van der Waals surface area (Å²) >= 11 is 0. The van der Waals surface area contributed by atoms with Crippen molar-refractivity contribution in [1.82, 2.24) is 0 Å². The molecule has 4 unspecified atom stereocenters. The Hall–Kier alpha value is -1.08. The van der Waals surface area contributed by atoms with E-state index in [0.717, 1.165) is 77.0 Å². The maximum Gasteiger partial charge on any atom is 0.149 e. The largest absolute Gasteiger partial charge is 0.393 e. The highest BCUT2D eigenvalue weighted by Crippen LogP contribution is 2.14. The molecule has 0 saturated carbocycles. The lowest BCUT2D eigenvalue weighted by Gasteiger charge is -2.13. The molecule has 0 aromatic rings. The smallest absolute Gasteiger partial charge is 0.149 e. The van der Waals surface area contributed by atoms with E-state index in [9.17, 15) is 10.2 Å². The fourth-order valence-corrected chi connectivity index (χ4v) is 3.15. The zero-order chi connectivity index (χ0) is 24.6. The lowest BCUT2D eigenvalue weighted by atomic mass is 9.98. The van der Waals surface area contributed by atoms with E-state index in [0.29, 0.717) is 13.2 Å². The number of hydrogen-bond donors (Lipinski definition) is 2. The Kier molecular flexibility index (Phi) is 23.3. The summed E-state index contributed by atoms with van der Waals surface area (Å²) in [5, 5.41) is 19.1. The Bertz CT molecular complexity index is 490. The van der Waals surface area contributed by atoms with Gasteiger partial charge in [0.05, 0.1) is 25.4 Å². The third kappa shape index (κ3) is 23.9. The van der Waals surface area contributed by atoms with Crippen molar-refractivity contribution in [3.05, 3.63) is 0 Å². The average molecular weight is 467 g/mol. The van der Waals surface area contributed by atoms with Gasteiger partial charge in [-0.15, -0.1) is 11.8 Å². The number of unbranched alkanes of at least 4 members (excludes halogenated alkanes) is 4. The van der Waals surface area contributed by atoms with Crippen LogP contribution in [0.25, 0.3) is 0 Å². The molecule has 192 valence electrons. The van der Waals surface area contributed by atoms with Crippen molar-refractivity contribution >= 4 is 0 Å². The van der Waals surface area contributed by atoms with Crippen LogP contribution in [0.15, 0.2) is 0 Å². The van der Waals surface area contributed by atoms with Gasteiger partial charge in [-0.3, -0.25) is 0 Å². The van der Waals surface area contributed by atoms with Gasteiger partial charge in [0.25, 0.3) is 0 Å². The van der Waals surface area contributed by atoms with Crippen molar-refractivity contribution in [1.29, 1.82) is 0 Å². The van der Waals surface area contributed by atoms with E-state index in [4.69, 9.17) is 14.2 Å². The van der Waals surface area contributed by atoms with Crippen LogP contribution in [0.2, 0.25) is 0 Å². The normalized spacial score (nSPS) is 14.5. The van der Waals surface area contributed by atoms with E-state index in [1.807, 2.05) is 13.8 Å². The summed E-state index contributed by atoms with van der Waals surface area (Å²) in [6, 6.07) is 0. The van der Waals surface area contributed by atoms with Crippen molar-refractivity contribution in [3.63, 3.8) is 0 Å². The van der Waals surface area contributed by atoms with Crippen LogP contribution in [0.3, 0.4) is 0 Å². The summed E-state index contributed by atoms with van der Waals surface area (Å²) < 4.78 is 16.6. The Morgan fingerprint density at radius 3 is 1.39 bits per heavy atom. The molecule has 4 atom stereocenters. The summed E-state index contributed by atoms with van der Waals surface area (Å²) in [7, 11) is 0. The molecule has 0 rings (SSSR count). The highest BCUT2D eigenvalue weighted by Gasteiger charge is 2.09. The van der Waals surface area contributed by atoms with E-state index in [1.165, 1.54) is 0 Å². The van der Waals surface area contributed by atoms with Gasteiger partial charge in [-0.05, 0) is 65.2 Å². The van der Waals surface area contributed by atoms with Crippen LogP contribution in [0.4, 0.5) is 0 Å². The molecular weight excluding hydrogens is 416 g/mol. The second-order valence-electron chi connectivity index (χ2n) is 8.93. The molecule has 5 heteroatoms. The third-order valence-corrected chi connectivity index (χ3v) is 5.34. The standard InChI is InChI=1S/C28H50O5/c1-5-7-9-11-13-27(17-15-25(3)29)19-21-31-23-33-24-32-22-20-28(18-16-26(4)30)14-12-10-8-6-2/h25-30H,5-10,15-24H2,1-4H3. The molecule has 0 radical (unpaired) electrons. The Balaban J connectivity index is 4.00. The molecule has 33 heavy (non-hydrogen) atoms. The van der Waals surface area contributed by atoms with E-state index in [2.05, 4.69) is 37.5 Å². The predicted molar refractivity (Wildman–Crippen MR) is 135 cm³/mol. The van der Waals surface area contributed by atoms with Crippen molar-refractivity contribution < 1.29 is 24.4 Å². The summed E-state index contributed by atoms with van der Waals surface area (Å²) in [6.07, 6.45) is 10.9. The minimum absolute atomic E-state index is 0.203. The Morgan fingerprint density at radius 1 is 0.606 bits per heavy atom. The fraction of sp³-hybridized carbons (Fsp3) is 0.857. The minimum atomic E-state index is -0.291. The lowest BCUT2D eigenvalue weighted by molar-refractivity contribution is -0.132. The number of hydrogen-bond acceptors (Lipinski definition) is 5. The molecule has 0 fully saturated rings. The van der Waals surface area contributed by atoms with Gasteiger partial charge in [0.1, 0.15) is 13.6 Å². The van der Waals surface area contributed by atoms with Crippen LogP contribution < -0.4 is 0 Å². The molecule has 0 spiro atoms. The predicted octanol–water partition coefficient (Wildman–Crippen LogP) is 5.67. The third-order valence-electron chi connectivity index (χ3n) is 5.34. The van der Waals surface area contributed by atoms with Crippen molar-refractivity contribution in [2.24, 2.45) is 11.8 Å². The monoisotopic (exact) mass is 466 g/mol. The topological polar surface area (TPSA) is 68.2 Å². The second kappa shape index (κ2) is 24.1. The van der Waals surface area contributed by atoms with E-state index >= 15 is 0 Å². The summed E-state index contributed by atoms with van der Waals surface area (Å²) in [5.74, 6) is 13.7. The van der Waals surface area contributed by atoms with Crippen LogP contribution >= 0.6 is 0 Å². The summed E-state index contributed by atoms with van der Waals surface area (Å²) in [6.45, 7) is 9.55. The van der Waals surface area contributed by atoms with Crippen LogP contribution in [-0.2, 0) is 14.2 Å². The highest BCUT2D eigenvalue weighted by atomic mass is 16.7. The minimum Gasteiger partial charge on any atom is -0.393 e. The van der Waals surface area contributed by atoms with Crippen molar-refractivity contribution in [2.75, 3.05) is 26.8 Å². The van der Waals surface area contributed by atoms with Gasteiger partial charge >= 0.3 is 0 Å². The van der Waals surface area contributed by atoms with Gasteiger partial charge in [-0.2, -0.15) is 0 Å². The number of rotatable bonds is 20. The first-order valence-electron chi connectivity index (χ1n) is 13.1. The van der Waals surface area contributed by atoms with E-state index in [-0.39, 0.29) is 37.6 Å². The lowest BCUT2D eigenvalue weighted by Crippen LogP contribution is -2.11. The highest BCUT2D eigenvalue weighted by molar-refractivity contribution is 5.04. The molecule has 0 amide bonds. The molecule has 2 N–H and O–H groups in total. The van der Waals surface area contributed by atoms with Gasteiger partial charge in [0, 0.05) is 24.7 Å². The summed E-state index contributed by atoms with van der Waals surface area (Å²) in [5.41, 5.74) is 0. The van der Waals surface area contributed by atoms with Crippen LogP contribution in [0.5, 0.6) is 0 Å².